The van der Waals surface area contributed by atoms with Crippen molar-refractivity contribution in [3.8, 4) is 11.5 Å². The fourth-order valence-electron chi connectivity index (χ4n) is 4.57. The second-order valence-electron chi connectivity index (χ2n) is 7.73. The summed E-state index contributed by atoms with van der Waals surface area (Å²) in [4.78, 5) is 52.8. The van der Waals surface area contributed by atoms with Crippen molar-refractivity contribution >= 4 is 41.1 Å². The lowest BCUT2D eigenvalue weighted by molar-refractivity contribution is -0.132. The highest BCUT2D eigenvalue weighted by Crippen LogP contribution is 2.55. The Labute approximate surface area is 192 Å². The van der Waals surface area contributed by atoms with Crippen LogP contribution in [-0.2, 0) is 14.4 Å². The quantitative estimate of drug-likeness (QED) is 0.397. The molecule has 2 aromatic rings. The minimum absolute atomic E-state index is 0.165. The maximum Gasteiger partial charge on any atom is 0.342 e. The van der Waals surface area contributed by atoms with E-state index in [0.29, 0.717) is 22.6 Å². The molecule has 5 rings (SSSR count). The van der Waals surface area contributed by atoms with Gasteiger partial charge in [-0.25, -0.2) is 9.69 Å². The van der Waals surface area contributed by atoms with E-state index in [4.69, 9.17) is 15.2 Å². The first-order valence-corrected chi connectivity index (χ1v) is 11.0. The fraction of sp³-hybridized carbons (Fsp3) is 0.217. The van der Waals surface area contributed by atoms with Crippen molar-refractivity contribution in [2.24, 2.45) is 11.7 Å². The normalized spacial score (nSPS) is 23.5. The number of imide groups is 1. The van der Waals surface area contributed by atoms with E-state index in [9.17, 15) is 19.2 Å². The van der Waals surface area contributed by atoms with E-state index >= 15 is 0 Å². The van der Waals surface area contributed by atoms with Crippen LogP contribution in [0.15, 0.2) is 53.1 Å². The molecule has 3 N–H and O–H groups in total. The lowest BCUT2D eigenvalue weighted by Crippen LogP contribution is -2.39. The van der Waals surface area contributed by atoms with Gasteiger partial charge >= 0.3 is 5.97 Å². The summed E-state index contributed by atoms with van der Waals surface area (Å²) in [6.07, 6.45) is 0. The zero-order valence-electron chi connectivity index (χ0n) is 17.7. The maximum atomic E-state index is 13.6. The molecule has 0 saturated carbocycles. The van der Waals surface area contributed by atoms with Crippen LogP contribution in [0.2, 0.25) is 0 Å². The van der Waals surface area contributed by atoms with Gasteiger partial charge in [0.25, 0.3) is 5.91 Å². The van der Waals surface area contributed by atoms with E-state index in [1.54, 1.807) is 42.5 Å². The highest BCUT2D eigenvalue weighted by atomic mass is 32.2. The van der Waals surface area contributed by atoms with E-state index in [1.165, 1.54) is 14.2 Å². The summed E-state index contributed by atoms with van der Waals surface area (Å²) < 4.78 is 10.8. The van der Waals surface area contributed by atoms with Crippen LogP contribution in [0.1, 0.15) is 21.8 Å². The van der Waals surface area contributed by atoms with Gasteiger partial charge < -0.3 is 20.5 Å². The van der Waals surface area contributed by atoms with Gasteiger partial charge in [-0.1, -0.05) is 23.9 Å². The third kappa shape index (κ3) is 3.01. The standard InChI is InChI=1S/C23H19N3O6S/c1-25-20(27)10-6-8-11(9-7-10)26-21(28)15-14-12-4-3-5-13(31-2)17(12)32-23(30)16(14)19(24)33-18(15)22(26)29/h3-9,14-15,18H,24H2,1-2H3,(H,25,27)/t14-,15-,18+/m0/s1. The molecule has 0 radical (unpaired) electrons. The van der Waals surface area contributed by atoms with Crippen LogP contribution in [0.3, 0.4) is 0 Å². The van der Waals surface area contributed by atoms with Gasteiger partial charge in [-0.05, 0) is 30.3 Å². The predicted molar refractivity (Wildman–Crippen MR) is 120 cm³/mol. The number of thioether (sulfide) groups is 1. The summed E-state index contributed by atoms with van der Waals surface area (Å²) in [5.41, 5.74) is 7.70. The molecule has 3 aliphatic heterocycles. The van der Waals surface area contributed by atoms with Crippen molar-refractivity contribution in [2.75, 3.05) is 19.1 Å². The first-order valence-electron chi connectivity index (χ1n) is 10.1. The molecular weight excluding hydrogens is 446 g/mol. The Morgan fingerprint density at radius 1 is 1.12 bits per heavy atom. The van der Waals surface area contributed by atoms with Crippen LogP contribution in [0.5, 0.6) is 11.5 Å². The van der Waals surface area contributed by atoms with Crippen molar-refractivity contribution < 1.29 is 28.7 Å². The van der Waals surface area contributed by atoms with Gasteiger partial charge in [-0.3, -0.25) is 14.4 Å². The second kappa shape index (κ2) is 7.66. The number of rotatable bonds is 3. The molecule has 168 valence electrons. The first kappa shape index (κ1) is 21.1. The Morgan fingerprint density at radius 2 is 1.85 bits per heavy atom. The van der Waals surface area contributed by atoms with Crippen LogP contribution < -0.4 is 25.4 Å². The van der Waals surface area contributed by atoms with Gasteiger partial charge in [-0.2, -0.15) is 0 Å². The summed E-state index contributed by atoms with van der Waals surface area (Å²) in [6.45, 7) is 0. The second-order valence-corrected chi connectivity index (χ2v) is 8.91. The molecule has 33 heavy (non-hydrogen) atoms. The number of carbonyl (C=O) groups is 4. The van der Waals surface area contributed by atoms with Crippen LogP contribution in [-0.4, -0.2) is 43.1 Å². The number of anilines is 1. The van der Waals surface area contributed by atoms with Gasteiger partial charge in [-0.15, -0.1) is 0 Å². The highest BCUT2D eigenvalue weighted by Gasteiger charge is 2.58. The van der Waals surface area contributed by atoms with Crippen molar-refractivity contribution in [2.45, 2.75) is 11.2 Å². The van der Waals surface area contributed by atoms with E-state index in [0.717, 1.165) is 16.7 Å². The Morgan fingerprint density at radius 3 is 2.52 bits per heavy atom. The van der Waals surface area contributed by atoms with Gasteiger partial charge in [0.05, 0.1) is 29.3 Å². The average molecular weight is 465 g/mol. The number of methoxy groups -OCH3 is 1. The minimum Gasteiger partial charge on any atom is -0.493 e. The molecule has 0 spiro atoms. The molecule has 0 aromatic heterocycles. The lowest BCUT2D eigenvalue weighted by Gasteiger charge is -2.36. The SMILES string of the molecule is CNC(=O)c1ccc(N2C(=O)[C@@H]3[C@@H](SC(N)=C4C(=O)Oc5c(OC)cccc5[C@H]43)C2=O)cc1. The molecule has 9 nitrogen and oxygen atoms in total. The van der Waals surface area contributed by atoms with Gasteiger partial charge in [0.1, 0.15) is 5.25 Å². The molecule has 10 heteroatoms. The number of para-hydroxylation sites is 1. The third-order valence-electron chi connectivity index (χ3n) is 6.08. The number of carbonyl (C=O) groups excluding carboxylic acids is 4. The summed E-state index contributed by atoms with van der Waals surface area (Å²) in [7, 11) is 2.97. The van der Waals surface area contributed by atoms with Crippen molar-refractivity contribution in [3.63, 3.8) is 0 Å². The molecular formula is C23H19N3O6S. The maximum absolute atomic E-state index is 13.6. The van der Waals surface area contributed by atoms with Crippen LogP contribution in [0, 0.1) is 5.92 Å². The van der Waals surface area contributed by atoms with Gasteiger partial charge in [0, 0.05) is 24.1 Å². The summed E-state index contributed by atoms with van der Waals surface area (Å²) in [5.74, 6) is -2.81. The highest BCUT2D eigenvalue weighted by molar-refractivity contribution is 8.04. The number of hydrogen-bond acceptors (Lipinski definition) is 8. The number of esters is 1. The van der Waals surface area contributed by atoms with Crippen LogP contribution >= 0.6 is 11.8 Å². The Bertz CT molecular complexity index is 1260. The molecule has 3 heterocycles. The average Bonchev–Trinajstić information content (AvgIpc) is 3.07. The van der Waals surface area contributed by atoms with E-state index < -0.39 is 34.9 Å². The Hall–Kier alpha value is -3.79. The number of fused-ring (bicyclic) bond motifs is 5. The van der Waals surface area contributed by atoms with Crippen molar-refractivity contribution in [3.05, 3.63) is 64.2 Å². The molecule has 1 fully saturated rings. The van der Waals surface area contributed by atoms with E-state index in [2.05, 4.69) is 5.32 Å². The number of ether oxygens (including phenoxy) is 2. The largest absolute Gasteiger partial charge is 0.493 e. The number of nitrogens with zero attached hydrogens (tertiary/aromatic N) is 1. The number of nitrogens with two attached hydrogens (primary N) is 1. The zero-order valence-corrected chi connectivity index (χ0v) is 18.5. The van der Waals surface area contributed by atoms with Crippen molar-refractivity contribution in [1.82, 2.24) is 5.32 Å². The third-order valence-corrected chi connectivity index (χ3v) is 7.30. The molecule has 3 amide bonds. The van der Waals surface area contributed by atoms with E-state index in [-0.39, 0.29) is 22.3 Å². The molecule has 0 bridgehead atoms. The molecule has 0 unspecified atom stereocenters. The monoisotopic (exact) mass is 465 g/mol. The summed E-state index contributed by atoms with van der Waals surface area (Å²) >= 11 is 1.00. The smallest absolute Gasteiger partial charge is 0.342 e. The molecule has 2 aromatic carbocycles. The molecule has 3 aliphatic rings. The van der Waals surface area contributed by atoms with Gasteiger partial charge in [0.2, 0.25) is 11.8 Å². The number of amides is 3. The minimum atomic E-state index is -0.845. The fourth-order valence-corrected chi connectivity index (χ4v) is 5.81. The first-order chi connectivity index (χ1) is 15.9. The molecule has 1 saturated heterocycles. The summed E-state index contributed by atoms with van der Waals surface area (Å²) in [5, 5.41) is 1.89. The van der Waals surface area contributed by atoms with Crippen molar-refractivity contribution in [1.29, 1.82) is 0 Å². The molecule has 3 atom stereocenters. The summed E-state index contributed by atoms with van der Waals surface area (Å²) in [6, 6.07) is 11.3. The number of nitrogens with one attached hydrogen (secondary N) is 1. The molecule has 0 aliphatic carbocycles. The van der Waals surface area contributed by atoms with E-state index in [1.807, 2.05) is 0 Å². The Balaban J connectivity index is 1.60. The van der Waals surface area contributed by atoms with Crippen LogP contribution in [0.4, 0.5) is 5.69 Å². The predicted octanol–water partition coefficient (Wildman–Crippen LogP) is 1.53. The Kier molecular flexibility index (Phi) is 4.89. The topological polar surface area (TPSA) is 128 Å². The lowest BCUT2D eigenvalue weighted by atomic mass is 9.77. The van der Waals surface area contributed by atoms with Crippen LogP contribution in [0.25, 0.3) is 0 Å². The number of hydrogen-bond donors (Lipinski definition) is 2. The van der Waals surface area contributed by atoms with Gasteiger partial charge in [0.15, 0.2) is 11.5 Å². The zero-order chi connectivity index (χ0) is 23.4. The number of benzene rings is 2.